The number of ether oxygens (including phenoxy) is 2. The third-order valence-electron chi connectivity index (χ3n) is 5.40. The van der Waals surface area contributed by atoms with E-state index in [1.807, 2.05) is 4.90 Å². The van der Waals surface area contributed by atoms with Gasteiger partial charge in [0, 0.05) is 39.1 Å². The summed E-state index contributed by atoms with van der Waals surface area (Å²) in [6.07, 6.45) is 3.04. The average Bonchev–Trinajstić information content (AvgIpc) is 3.24. The van der Waals surface area contributed by atoms with Gasteiger partial charge in [0.05, 0.1) is 14.2 Å². The number of rotatable bonds is 6. The Labute approximate surface area is 160 Å². The highest BCUT2D eigenvalue weighted by molar-refractivity contribution is 5.99. The Hall–Kier alpha value is -2.28. The van der Waals surface area contributed by atoms with Gasteiger partial charge in [-0.25, -0.2) is 0 Å². The van der Waals surface area contributed by atoms with Crippen molar-refractivity contribution in [3.8, 4) is 11.5 Å². The fraction of sp³-hybridized carbons (Fsp3) is 0.600. The lowest BCUT2D eigenvalue weighted by atomic mass is 10.1. The Bertz CT molecular complexity index is 643. The van der Waals surface area contributed by atoms with Gasteiger partial charge in [-0.1, -0.05) is 6.07 Å². The number of methoxy groups -OCH3 is 2. The molecule has 0 aromatic heterocycles. The third-order valence-corrected chi connectivity index (χ3v) is 5.40. The molecule has 2 aliphatic rings. The zero-order valence-corrected chi connectivity index (χ0v) is 16.3. The molecule has 0 saturated carbocycles. The predicted molar refractivity (Wildman–Crippen MR) is 102 cm³/mol. The van der Waals surface area contributed by atoms with E-state index in [4.69, 9.17) is 9.47 Å². The first-order valence-electron chi connectivity index (χ1n) is 9.64. The molecule has 2 saturated heterocycles. The molecule has 148 valence electrons. The highest BCUT2D eigenvalue weighted by Gasteiger charge is 2.28. The van der Waals surface area contributed by atoms with Gasteiger partial charge in [-0.3, -0.25) is 9.59 Å². The Kier molecular flexibility index (Phi) is 6.55. The molecule has 2 amide bonds. The van der Waals surface area contributed by atoms with Crippen molar-refractivity contribution in [2.45, 2.75) is 19.3 Å². The molecule has 0 N–H and O–H groups in total. The molecule has 0 bridgehead atoms. The maximum absolute atomic E-state index is 13.0. The van der Waals surface area contributed by atoms with E-state index in [1.54, 1.807) is 37.3 Å². The molecule has 1 aromatic carbocycles. The maximum Gasteiger partial charge on any atom is 0.261 e. The SMILES string of the molecule is COc1cccc(OC)c1C(=O)N1CCN(C(=O)CCN2CCCC2)CC1. The lowest BCUT2D eigenvalue weighted by Crippen LogP contribution is -2.51. The van der Waals surface area contributed by atoms with Crippen molar-refractivity contribution >= 4 is 11.8 Å². The summed E-state index contributed by atoms with van der Waals surface area (Å²) >= 11 is 0. The molecule has 2 fully saturated rings. The van der Waals surface area contributed by atoms with Gasteiger partial charge >= 0.3 is 0 Å². The molecule has 2 aliphatic heterocycles. The van der Waals surface area contributed by atoms with Gasteiger partial charge in [0.2, 0.25) is 5.91 Å². The molecule has 27 heavy (non-hydrogen) atoms. The molecular formula is C20H29N3O4. The standard InChI is InChI=1S/C20H29N3O4/c1-26-16-6-5-7-17(27-2)19(16)20(25)23-14-12-22(13-15-23)18(24)8-11-21-9-3-4-10-21/h5-7H,3-4,8-15H2,1-2H3. The molecular weight excluding hydrogens is 346 g/mol. The van der Waals surface area contributed by atoms with Crippen molar-refractivity contribution < 1.29 is 19.1 Å². The number of carbonyl (C=O) groups excluding carboxylic acids is 2. The predicted octanol–water partition coefficient (Wildman–Crippen LogP) is 1.47. The molecule has 0 spiro atoms. The van der Waals surface area contributed by atoms with E-state index in [-0.39, 0.29) is 11.8 Å². The summed E-state index contributed by atoms with van der Waals surface area (Å²) in [6.45, 7) is 5.25. The van der Waals surface area contributed by atoms with Gasteiger partial charge in [-0.15, -0.1) is 0 Å². The zero-order valence-electron chi connectivity index (χ0n) is 16.3. The average molecular weight is 375 g/mol. The second-order valence-corrected chi connectivity index (χ2v) is 7.01. The Morgan fingerprint density at radius 2 is 1.44 bits per heavy atom. The van der Waals surface area contributed by atoms with Crippen LogP contribution < -0.4 is 9.47 Å². The minimum absolute atomic E-state index is 0.117. The number of carbonyl (C=O) groups is 2. The first-order chi connectivity index (χ1) is 13.1. The van der Waals surface area contributed by atoms with Gasteiger partial charge in [-0.05, 0) is 38.1 Å². The number of hydrogen-bond acceptors (Lipinski definition) is 5. The van der Waals surface area contributed by atoms with Crippen molar-refractivity contribution in [2.24, 2.45) is 0 Å². The van der Waals surface area contributed by atoms with Crippen molar-refractivity contribution in [2.75, 3.05) is 60.0 Å². The zero-order chi connectivity index (χ0) is 19.2. The number of piperazine rings is 1. The lowest BCUT2D eigenvalue weighted by molar-refractivity contribution is -0.133. The van der Waals surface area contributed by atoms with Gasteiger partial charge in [0.1, 0.15) is 17.1 Å². The molecule has 0 atom stereocenters. The second-order valence-electron chi connectivity index (χ2n) is 7.01. The maximum atomic E-state index is 13.0. The fourth-order valence-corrected chi connectivity index (χ4v) is 3.80. The lowest BCUT2D eigenvalue weighted by Gasteiger charge is -2.35. The minimum Gasteiger partial charge on any atom is -0.496 e. The highest BCUT2D eigenvalue weighted by Crippen LogP contribution is 2.29. The van der Waals surface area contributed by atoms with Crippen molar-refractivity contribution in [1.82, 2.24) is 14.7 Å². The molecule has 2 heterocycles. The van der Waals surface area contributed by atoms with Crippen molar-refractivity contribution in [3.05, 3.63) is 23.8 Å². The van der Waals surface area contributed by atoms with Crippen LogP contribution in [0.5, 0.6) is 11.5 Å². The van der Waals surface area contributed by atoms with Gasteiger partial charge in [0.25, 0.3) is 5.91 Å². The highest BCUT2D eigenvalue weighted by atomic mass is 16.5. The quantitative estimate of drug-likeness (QED) is 0.754. The molecule has 7 nitrogen and oxygen atoms in total. The van der Waals surface area contributed by atoms with E-state index in [0.717, 1.165) is 19.6 Å². The summed E-state index contributed by atoms with van der Waals surface area (Å²) in [7, 11) is 3.09. The summed E-state index contributed by atoms with van der Waals surface area (Å²) in [6, 6.07) is 5.31. The van der Waals surface area contributed by atoms with Gasteiger partial charge in [0.15, 0.2) is 0 Å². The van der Waals surface area contributed by atoms with Crippen LogP contribution >= 0.6 is 0 Å². The van der Waals surface area contributed by atoms with Crippen LogP contribution in [0.25, 0.3) is 0 Å². The van der Waals surface area contributed by atoms with Crippen LogP contribution in [0.1, 0.15) is 29.6 Å². The van der Waals surface area contributed by atoms with Gasteiger partial charge in [-0.2, -0.15) is 0 Å². The Morgan fingerprint density at radius 3 is 2.00 bits per heavy atom. The third kappa shape index (κ3) is 4.53. The first kappa shape index (κ1) is 19.5. The number of likely N-dealkylation sites (tertiary alicyclic amines) is 1. The number of hydrogen-bond donors (Lipinski definition) is 0. The van der Waals surface area contributed by atoms with Crippen LogP contribution in [0.15, 0.2) is 18.2 Å². The summed E-state index contributed by atoms with van der Waals surface area (Å²) in [4.78, 5) is 31.4. The molecule has 3 rings (SSSR count). The normalized spacial score (nSPS) is 17.9. The van der Waals surface area contributed by atoms with E-state index in [0.29, 0.717) is 49.7 Å². The number of amides is 2. The van der Waals surface area contributed by atoms with E-state index in [1.165, 1.54) is 12.8 Å². The van der Waals surface area contributed by atoms with E-state index in [2.05, 4.69) is 4.90 Å². The van der Waals surface area contributed by atoms with Crippen LogP contribution in [0.4, 0.5) is 0 Å². The number of nitrogens with zero attached hydrogens (tertiary/aromatic N) is 3. The molecule has 7 heteroatoms. The first-order valence-corrected chi connectivity index (χ1v) is 9.64. The van der Waals surface area contributed by atoms with Crippen LogP contribution in [-0.4, -0.2) is 86.5 Å². The summed E-state index contributed by atoms with van der Waals surface area (Å²) in [5.41, 5.74) is 0.441. The van der Waals surface area contributed by atoms with E-state index in [9.17, 15) is 9.59 Å². The summed E-state index contributed by atoms with van der Waals surface area (Å²) in [5, 5.41) is 0. The topological polar surface area (TPSA) is 62.3 Å². The van der Waals surface area contributed by atoms with Crippen molar-refractivity contribution in [1.29, 1.82) is 0 Å². The smallest absolute Gasteiger partial charge is 0.261 e. The Balaban J connectivity index is 1.56. The van der Waals surface area contributed by atoms with Crippen molar-refractivity contribution in [3.63, 3.8) is 0 Å². The summed E-state index contributed by atoms with van der Waals surface area (Å²) < 4.78 is 10.7. The monoisotopic (exact) mass is 375 g/mol. The van der Waals surface area contributed by atoms with Gasteiger partial charge < -0.3 is 24.2 Å². The van der Waals surface area contributed by atoms with E-state index < -0.39 is 0 Å². The minimum atomic E-state index is -0.117. The summed E-state index contributed by atoms with van der Waals surface area (Å²) in [5.74, 6) is 1.07. The number of benzene rings is 1. The van der Waals surface area contributed by atoms with Crippen LogP contribution in [0.2, 0.25) is 0 Å². The fourth-order valence-electron chi connectivity index (χ4n) is 3.80. The van der Waals surface area contributed by atoms with Crippen LogP contribution in [0, 0.1) is 0 Å². The Morgan fingerprint density at radius 1 is 0.889 bits per heavy atom. The molecule has 0 radical (unpaired) electrons. The second kappa shape index (κ2) is 9.08. The largest absolute Gasteiger partial charge is 0.496 e. The van der Waals surface area contributed by atoms with E-state index >= 15 is 0 Å². The van der Waals surface area contributed by atoms with Crippen LogP contribution in [-0.2, 0) is 4.79 Å². The van der Waals surface area contributed by atoms with Crippen LogP contribution in [0.3, 0.4) is 0 Å². The molecule has 0 unspecified atom stereocenters. The molecule has 0 aliphatic carbocycles. The molecule has 1 aromatic rings.